The van der Waals surface area contributed by atoms with Crippen LogP contribution in [0, 0.1) is 13.8 Å². The number of methoxy groups -OCH3 is 1. The van der Waals surface area contributed by atoms with Crippen molar-refractivity contribution in [3.05, 3.63) is 52.1 Å². The van der Waals surface area contributed by atoms with Crippen molar-refractivity contribution in [1.29, 1.82) is 0 Å². The van der Waals surface area contributed by atoms with Crippen LogP contribution in [0.25, 0.3) is 0 Å². The Kier molecular flexibility index (Phi) is 5.90. The Morgan fingerprint density at radius 2 is 2.30 bits per heavy atom. The summed E-state index contributed by atoms with van der Waals surface area (Å²) < 4.78 is 7.25. The van der Waals surface area contributed by atoms with Gasteiger partial charge >= 0.3 is 0 Å². The van der Waals surface area contributed by atoms with E-state index in [0.29, 0.717) is 6.61 Å². The SMILES string of the molecule is COCCn1c(C)cc(C=NNC(=O)c2cccnc2Cl)c1C. The minimum absolute atomic E-state index is 0.151. The number of aromatic nitrogens is 2. The van der Waals surface area contributed by atoms with E-state index in [9.17, 15) is 4.79 Å². The van der Waals surface area contributed by atoms with Crippen LogP contribution in [0.1, 0.15) is 27.3 Å². The highest BCUT2D eigenvalue weighted by molar-refractivity contribution is 6.32. The van der Waals surface area contributed by atoms with Crippen molar-refractivity contribution in [1.82, 2.24) is 15.0 Å². The first-order chi connectivity index (χ1) is 11.0. The van der Waals surface area contributed by atoms with Gasteiger partial charge in [-0.25, -0.2) is 10.4 Å². The van der Waals surface area contributed by atoms with Gasteiger partial charge in [-0.3, -0.25) is 4.79 Å². The molecule has 0 saturated carbocycles. The number of halogens is 1. The molecule has 0 fully saturated rings. The first-order valence-electron chi connectivity index (χ1n) is 7.14. The smallest absolute Gasteiger partial charge is 0.274 e. The molecule has 0 aliphatic heterocycles. The maximum Gasteiger partial charge on any atom is 0.274 e. The maximum atomic E-state index is 12.0. The molecule has 6 nitrogen and oxygen atoms in total. The van der Waals surface area contributed by atoms with Gasteiger partial charge in [0.15, 0.2) is 0 Å². The monoisotopic (exact) mass is 334 g/mol. The lowest BCUT2D eigenvalue weighted by Gasteiger charge is -2.08. The fraction of sp³-hybridized carbons (Fsp3) is 0.312. The Balaban J connectivity index is 2.06. The van der Waals surface area contributed by atoms with E-state index >= 15 is 0 Å². The lowest BCUT2D eigenvalue weighted by atomic mass is 10.2. The second kappa shape index (κ2) is 7.89. The van der Waals surface area contributed by atoms with Crippen LogP contribution >= 0.6 is 11.6 Å². The van der Waals surface area contributed by atoms with E-state index in [1.165, 1.54) is 6.20 Å². The van der Waals surface area contributed by atoms with Gasteiger partial charge in [0.2, 0.25) is 0 Å². The predicted octanol–water partition coefficient (Wildman–Crippen LogP) is 2.56. The number of carbonyl (C=O) groups is 1. The molecule has 2 heterocycles. The minimum Gasteiger partial charge on any atom is -0.383 e. The van der Waals surface area contributed by atoms with Gasteiger partial charge in [-0.05, 0) is 32.0 Å². The van der Waals surface area contributed by atoms with Gasteiger partial charge in [-0.1, -0.05) is 11.6 Å². The molecule has 0 atom stereocenters. The van der Waals surface area contributed by atoms with Gasteiger partial charge in [0.05, 0.1) is 18.4 Å². The zero-order chi connectivity index (χ0) is 16.8. The number of hydrazone groups is 1. The van der Waals surface area contributed by atoms with Gasteiger partial charge in [0.25, 0.3) is 5.91 Å². The average Bonchev–Trinajstić information content (AvgIpc) is 2.80. The Morgan fingerprint density at radius 3 is 3.00 bits per heavy atom. The molecule has 0 saturated heterocycles. The van der Waals surface area contributed by atoms with E-state index in [4.69, 9.17) is 16.3 Å². The number of aryl methyl sites for hydroxylation is 1. The van der Waals surface area contributed by atoms with Crippen molar-refractivity contribution in [2.45, 2.75) is 20.4 Å². The second-order valence-corrected chi connectivity index (χ2v) is 5.37. The Hall–Kier alpha value is -2.18. The highest BCUT2D eigenvalue weighted by Gasteiger charge is 2.10. The van der Waals surface area contributed by atoms with E-state index in [1.54, 1.807) is 25.5 Å². The summed E-state index contributed by atoms with van der Waals surface area (Å²) in [6.07, 6.45) is 3.14. The van der Waals surface area contributed by atoms with E-state index in [0.717, 1.165) is 23.5 Å². The fourth-order valence-electron chi connectivity index (χ4n) is 2.26. The Labute approximate surface area is 140 Å². The predicted molar refractivity (Wildman–Crippen MR) is 90.1 cm³/mol. The molecule has 2 rings (SSSR count). The largest absolute Gasteiger partial charge is 0.383 e. The average molecular weight is 335 g/mol. The standard InChI is InChI=1S/C16H19ClN4O2/c1-11-9-13(12(2)21(11)7-8-23-3)10-19-20-16(22)14-5-4-6-18-15(14)17/h4-6,9-10H,7-8H2,1-3H3,(H,20,22). The molecule has 0 unspecified atom stereocenters. The van der Waals surface area contributed by atoms with E-state index < -0.39 is 5.91 Å². The summed E-state index contributed by atoms with van der Waals surface area (Å²) in [5.41, 5.74) is 5.87. The van der Waals surface area contributed by atoms with Crippen LogP contribution < -0.4 is 5.43 Å². The quantitative estimate of drug-likeness (QED) is 0.501. The number of carbonyl (C=O) groups excluding carboxylic acids is 1. The molecule has 2 aromatic heterocycles. The number of hydrogen-bond donors (Lipinski definition) is 1. The van der Waals surface area contributed by atoms with Gasteiger partial charge < -0.3 is 9.30 Å². The number of amides is 1. The van der Waals surface area contributed by atoms with Gasteiger partial charge in [-0.2, -0.15) is 5.10 Å². The summed E-state index contributed by atoms with van der Waals surface area (Å²) in [6, 6.07) is 5.25. The first-order valence-corrected chi connectivity index (χ1v) is 7.52. The zero-order valence-corrected chi connectivity index (χ0v) is 14.1. The molecule has 1 N–H and O–H groups in total. The summed E-state index contributed by atoms with van der Waals surface area (Å²) in [5.74, 6) is -0.396. The van der Waals surface area contributed by atoms with Crippen molar-refractivity contribution in [3.8, 4) is 0 Å². The number of ether oxygens (including phenoxy) is 1. The number of nitrogens with zero attached hydrogens (tertiary/aromatic N) is 3. The highest BCUT2D eigenvalue weighted by Crippen LogP contribution is 2.13. The van der Waals surface area contributed by atoms with Crippen LogP contribution in [0.5, 0.6) is 0 Å². The summed E-state index contributed by atoms with van der Waals surface area (Å²) in [7, 11) is 1.68. The molecular weight excluding hydrogens is 316 g/mol. The normalized spacial score (nSPS) is 11.1. The van der Waals surface area contributed by atoms with Crippen LogP contribution in [-0.4, -0.2) is 35.4 Å². The molecule has 7 heteroatoms. The summed E-state index contributed by atoms with van der Waals surface area (Å²) >= 11 is 5.87. The molecule has 0 bridgehead atoms. The van der Waals surface area contributed by atoms with E-state index in [-0.39, 0.29) is 10.7 Å². The minimum atomic E-state index is -0.396. The van der Waals surface area contributed by atoms with Crippen LogP contribution in [0.4, 0.5) is 0 Å². The second-order valence-electron chi connectivity index (χ2n) is 5.01. The maximum absolute atomic E-state index is 12.0. The van der Waals surface area contributed by atoms with Gasteiger partial charge in [0.1, 0.15) is 5.15 Å². The fourth-order valence-corrected chi connectivity index (χ4v) is 2.47. The molecule has 0 spiro atoms. The highest BCUT2D eigenvalue weighted by atomic mass is 35.5. The van der Waals surface area contributed by atoms with Crippen molar-refractivity contribution < 1.29 is 9.53 Å². The van der Waals surface area contributed by atoms with Crippen LogP contribution in [0.15, 0.2) is 29.5 Å². The van der Waals surface area contributed by atoms with Crippen LogP contribution in [0.3, 0.4) is 0 Å². The molecule has 0 aliphatic rings. The molecule has 0 radical (unpaired) electrons. The Morgan fingerprint density at radius 1 is 1.52 bits per heavy atom. The summed E-state index contributed by atoms with van der Waals surface area (Å²) in [6.45, 7) is 5.45. The molecule has 23 heavy (non-hydrogen) atoms. The van der Waals surface area contributed by atoms with Crippen LogP contribution in [-0.2, 0) is 11.3 Å². The first kappa shape index (κ1) is 17.2. The van der Waals surface area contributed by atoms with Crippen molar-refractivity contribution in [2.24, 2.45) is 5.10 Å². The van der Waals surface area contributed by atoms with E-state index in [2.05, 4.69) is 20.1 Å². The van der Waals surface area contributed by atoms with E-state index in [1.807, 2.05) is 19.9 Å². The third kappa shape index (κ3) is 4.18. The molecule has 1 amide bonds. The number of rotatable bonds is 6. The van der Waals surface area contributed by atoms with Crippen molar-refractivity contribution in [3.63, 3.8) is 0 Å². The number of pyridine rings is 1. The van der Waals surface area contributed by atoms with Gasteiger partial charge in [0, 0.05) is 36.8 Å². The summed E-state index contributed by atoms with van der Waals surface area (Å²) in [5, 5.41) is 4.15. The number of hydrogen-bond acceptors (Lipinski definition) is 4. The topological polar surface area (TPSA) is 68.5 Å². The lowest BCUT2D eigenvalue weighted by molar-refractivity contribution is 0.0955. The Bertz CT molecular complexity index is 725. The van der Waals surface area contributed by atoms with Crippen LogP contribution in [0.2, 0.25) is 5.15 Å². The molecule has 0 aromatic carbocycles. The molecule has 122 valence electrons. The van der Waals surface area contributed by atoms with Crippen molar-refractivity contribution >= 4 is 23.7 Å². The van der Waals surface area contributed by atoms with Crippen molar-refractivity contribution in [2.75, 3.05) is 13.7 Å². The summed E-state index contributed by atoms with van der Waals surface area (Å²) in [4.78, 5) is 15.8. The lowest BCUT2D eigenvalue weighted by Crippen LogP contribution is -2.18. The number of nitrogens with one attached hydrogen (secondary N) is 1. The molecular formula is C16H19ClN4O2. The zero-order valence-electron chi connectivity index (χ0n) is 13.3. The molecule has 0 aliphatic carbocycles. The third-order valence-electron chi connectivity index (χ3n) is 3.51. The third-order valence-corrected chi connectivity index (χ3v) is 3.81. The van der Waals surface area contributed by atoms with Gasteiger partial charge in [-0.15, -0.1) is 0 Å². The molecule has 2 aromatic rings.